The van der Waals surface area contributed by atoms with Crippen molar-refractivity contribution < 1.29 is 19.4 Å². The minimum absolute atomic E-state index is 0.0610. The van der Waals surface area contributed by atoms with Crippen LogP contribution < -0.4 is 4.74 Å². The number of aromatic hydroxyl groups is 1. The van der Waals surface area contributed by atoms with Gasteiger partial charge in [0, 0.05) is 10.0 Å². The Morgan fingerprint density at radius 1 is 1.24 bits per heavy atom. The lowest BCUT2D eigenvalue weighted by Crippen LogP contribution is -2.27. The molecular weight excluding hydrogens is 454 g/mol. The number of imide groups is 1. The summed E-state index contributed by atoms with van der Waals surface area (Å²) in [5.74, 6) is 0.0588. The number of ether oxygens (including phenoxy) is 1. The van der Waals surface area contributed by atoms with Gasteiger partial charge in [-0.15, -0.1) is 6.58 Å². The molecule has 0 radical (unpaired) electrons. The number of phenols is 1. The maximum Gasteiger partial charge on any atom is 0.293 e. The highest BCUT2D eigenvalue weighted by molar-refractivity contribution is 9.10. The average molecular weight is 474 g/mol. The fourth-order valence-electron chi connectivity index (χ4n) is 2.93. The minimum Gasteiger partial charge on any atom is -0.504 e. The van der Waals surface area contributed by atoms with Crippen molar-refractivity contribution >= 4 is 44.9 Å². The number of halogens is 1. The van der Waals surface area contributed by atoms with Crippen LogP contribution in [-0.4, -0.2) is 27.8 Å². The van der Waals surface area contributed by atoms with Gasteiger partial charge in [0.25, 0.3) is 11.1 Å². The van der Waals surface area contributed by atoms with Gasteiger partial charge in [-0.3, -0.25) is 14.5 Å². The van der Waals surface area contributed by atoms with Crippen LogP contribution in [0.2, 0.25) is 0 Å². The van der Waals surface area contributed by atoms with E-state index in [9.17, 15) is 14.7 Å². The number of allylic oxidation sites excluding steroid dienone is 1. The molecule has 1 heterocycles. The lowest BCUT2D eigenvalue weighted by Gasteiger charge is -2.13. The molecule has 1 aliphatic rings. The van der Waals surface area contributed by atoms with Crippen LogP contribution in [0.1, 0.15) is 23.6 Å². The van der Waals surface area contributed by atoms with Gasteiger partial charge < -0.3 is 9.84 Å². The van der Waals surface area contributed by atoms with Gasteiger partial charge in [-0.2, -0.15) is 0 Å². The molecule has 2 aromatic carbocycles. The van der Waals surface area contributed by atoms with Gasteiger partial charge in [0.05, 0.1) is 18.1 Å². The first-order valence-corrected chi connectivity index (χ1v) is 10.6. The van der Waals surface area contributed by atoms with Crippen molar-refractivity contribution in [2.24, 2.45) is 0 Å². The fourth-order valence-corrected chi connectivity index (χ4v) is 4.18. The Hall–Kier alpha value is -2.51. The molecule has 5 nitrogen and oxygen atoms in total. The number of amides is 2. The maximum absolute atomic E-state index is 12.8. The van der Waals surface area contributed by atoms with Crippen LogP contribution in [0.5, 0.6) is 11.5 Å². The Balaban J connectivity index is 1.91. The molecule has 1 N–H and O–H groups in total. The molecule has 1 saturated heterocycles. The molecule has 1 fully saturated rings. The van der Waals surface area contributed by atoms with Gasteiger partial charge in [-0.25, -0.2) is 0 Å². The number of rotatable bonds is 7. The molecule has 0 atom stereocenters. The monoisotopic (exact) mass is 473 g/mol. The number of thioether (sulfide) groups is 1. The van der Waals surface area contributed by atoms with Crippen LogP contribution in [0.3, 0.4) is 0 Å². The summed E-state index contributed by atoms with van der Waals surface area (Å²) in [7, 11) is 0. The summed E-state index contributed by atoms with van der Waals surface area (Å²) in [5.41, 5.74) is 2.17. The maximum atomic E-state index is 12.8. The zero-order chi connectivity index (χ0) is 21.0. The minimum atomic E-state index is -0.341. The second-order valence-corrected chi connectivity index (χ2v) is 8.16. The van der Waals surface area contributed by atoms with Crippen LogP contribution in [0, 0.1) is 0 Å². The first kappa shape index (κ1) is 21.2. The van der Waals surface area contributed by atoms with Crippen LogP contribution in [-0.2, 0) is 17.8 Å². The van der Waals surface area contributed by atoms with Crippen molar-refractivity contribution in [2.45, 2.75) is 19.9 Å². The second-order valence-electron chi connectivity index (χ2n) is 6.31. The summed E-state index contributed by atoms with van der Waals surface area (Å²) < 4.78 is 6.35. The Labute approximate surface area is 182 Å². The van der Waals surface area contributed by atoms with E-state index in [4.69, 9.17) is 4.74 Å². The quantitative estimate of drug-likeness (QED) is 0.423. The van der Waals surface area contributed by atoms with Crippen molar-refractivity contribution in [2.75, 3.05) is 6.61 Å². The van der Waals surface area contributed by atoms with Gasteiger partial charge in [-0.1, -0.05) is 40.2 Å². The fraction of sp³-hybridized carbons (Fsp3) is 0.182. The number of phenolic OH excluding ortho intramolecular Hbond substituents is 1. The van der Waals surface area contributed by atoms with E-state index in [2.05, 4.69) is 22.5 Å². The van der Waals surface area contributed by atoms with Gasteiger partial charge in [0.2, 0.25) is 0 Å². The smallest absolute Gasteiger partial charge is 0.293 e. The molecule has 29 heavy (non-hydrogen) atoms. The zero-order valence-corrected chi connectivity index (χ0v) is 18.3. The molecule has 150 valence electrons. The highest BCUT2D eigenvalue weighted by Crippen LogP contribution is 2.37. The lowest BCUT2D eigenvalue weighted by atomic mass is 10.1. The molecule has 0 aromatic heterocycles. The molecule has 7 heteroatoms. The number of carbonyl (C=O) groups is 2. The van der Waals surface area contributed by atoms with Gasteiger partial charge in [0.15, 0.2) is 11.5 Å². The Morgan fingerprint density at radius 3 is 2.69 bits per heavy atom. The van der Waals surface area contributed by atoms with Crippen LogP contribution >= 0.6 is 27.7 Å². The molecule has 3 rings (SSSR count). The highest BCUT2D eigenvalue weighted by Gasteiger charge is 2.35. The number of carbonyl (C=O) groups excluding carboxylic acids is 2. The lowest BCUT2D eigenvalue weighted by molar-refractivity contribution is -0.123. The Morgan fingerprint density at radius 2 is 2.00 bits per heavy atom. The van der Waals surface area contributed by atoms with E-state index in [0.29, 0.717) is 34.8 Å². The molecule has 2 aromatic rings. The first-order valence-electron chi connectivity index (χ1n) is 9.03. The van der Waals surface area contributed by atoms with Crippen molar-refractivity contribution in [3.05, 3.63) is 75.1 Å². The van der Waals surface area contributed by atoms with Crippen molar-refractivity contribution in [1.82, 2.24) is 4.90 Å². The van der Waals surface area contributed by atoms with Crippen LogP contribution in [0.4, 0.5) is 4.79 Å². The van der Waals surface area contributed by atoms with Crippen molar-refractivity contribution in [3.8, 4) is 11.5 Å². The van der Waals surface area contributed by atoms with Gasteiger partial charge in [-0.05, 0) is 60.5 Å². The topological polar surface area (TPSA) is 66.8 Å². The Kier molecular flexibility index (Phi) is 6.82. The standard InChI is InChI=1S/C22H20BrNO4S/c1-3-7-15-10-14(11-18(20(15)25)28-4-2)12-19-21(26)24(22(27)29-19)13-16-8-5-6-9-17(16)23/h3,5-6,8-12,25H,1,4,7,13H2,2H3/b19-12-. The molecule has 2 amide bonds. The van der Waals surface area contributed by atoms with Crippen LogP contribution in [0.25, 0.3) is 6.08 Å². The molecule has 0 aliphatic carbocycles. The third kappa shape index (κ3) is 4.74. The van der Waals surface area contributed by atoms with E-state index in [0.717, 1.165) is 21.8 Å². The third-order valence-corrected chi connectivity index (χ3v) is 5.98. The van der Waals surface area contributed by atoms with Crippen LogP contribution in [0.15, 0.2) is 58.4 Å². The summed E-state index contributed by atoms with van der Waals surface area (Å²) in [5, 5.41) is 10.0. The second kappa shape index (κ2) is 9.33. The third-order valence-electron chi connectivity index (χ3n) is 4.30. The molecule has 1 aliphatic heterocycles. The van der Waals surface area contributed by atoms with E-state index in [-0.39, 0.29) is 23.4 Å². The average Bonchev–Trinajstić information content (AvgIpc) is 2.95. The zero-order valence-electron chi connectivity index (χ0n) is 15.9. The van der Waals surface area contributed by atoms with Crippen molar-refractivity contribution in [3.63, 3.8) is 0 Å². The van der Waals surface area contributed by atoms with E-state index < -0.39 is 0 Å². The highest BCUT2D eigenvalue weighted by atomic mass is 79.9. The molecule has 0 unspecified atom stereocenters. The number of benzene rings is 2. The predicted molar refractivity (Wildman–Crippen MR) is 119 cm³/mol. The van der Waals surface area contributed by atoms with E-state index in [1.165, 1.54) is 4.90 Å². The summed E-state index contributed by atoms with van der Waals surface area (Å²) in [6, 6.07) is 10.9. The number of nitrogens with zero attached hydrogens (tertiary/aromatic N) is 1. The summed E-state index contributed by atoms with van der Waals surface area (Å²) in [6.45, 7) is 6.12. The molecule has 0 saturated carbocycles. The van der Waals surface area contributed by atoms with Gasteiger partial charge >= 0.3 is 0 Å². The largest absolute Gasteiger partial charge is 0.504 e. The summed E-state index contributed by atoms with van der Waals surface area (Å²) in [4.78, 5) is 26.8. The van der Waals surface area contributed by atoms with Gasteiger partial charge in [0.1, 0.15) is 0 Å². The first-order chi connectivity index (χ1) is 13.9. The predicted octanol–water partition coefficient (Wildman–Crippen LogP) is 5.52. The van der Waals surface area contributed by atoms with E-state index >= 15 is 0 Å². The normalized spacial score (nSPS) is 15.2. The summed E-state index contributed by atoms with van der Waals surface area (Å²) in [6.07, 6.45) is 3.79. The number of hydrogen-bond donors (Lipinski definition) is 1. The SMILES string of the molecule is C=CCc1cc(/C=C2\SC(=O)N(Cc3ccccc3Br)C2=O)cc(OCC)c1O. The number of hydrogen-bond acceptors (Lipinski definition) is 5. The van der Waals surface area contributed by atoms with Crippen molar-refractivity contribution in [1.29, 1.82) is 0 Å². The van der Waals surface area contributed by atoms with E-state index in [1.54, 1.807) is 24.3 Å². The molecular formula is C22H20BrNO4S. The molecule has 0 spiro atoms. The Bertz CT molecular complexity index is 1000. The van der Waals surface area contributed by atoms with E-state index in [1.807, 2.05) is 31.2 Å². The summed E-state index contributed by atoms with van der Waals surface area (Å²) >= 11 is 4.35. The molecule has 0 bridgehead atoms.